The van der Waals surface area contributed by atoms with E-state index in [4.69, 9.17) is 5.41 Å². The zero-order valence-electron chi connectivity index (χ0n) is 13.0. The van der Waals surface area contributed by atoms with Gasteiger partial charge in [-0.25, -0.2) is 4.39 Å². The summed E-state index contributed by atoms with van der Waals surface area (Å²) in [6.07, 6.45) is 4.36. The van der Waals surface area contributed by atoms with Crippen LogP contribution in [0.4, 0.5) is 4.39 Å². The molecule has 0 aromatic heterocycles. The maximum atomic E-state index is 13.8. The van der Waals surface area contributed by atoms with Gasteiger partial charge in [-0.05, 0) is 48.4 Å². The minimum Gasteiger partial charge on any atom is -0.304 e. The Morgan fingerprint density at radius 2 is 1.96 bits per heavy atom. The van der Waals surface area contributed by atoms with E-state index in [2.05, 4.69) is 0 Å². The van der Waals surface area contributed by atoms with Crippen LogP contribution in [0.15, 0.2) is 35.9 Å². The predicted octanol–water partition coefficient (Wildman–Crippen LogP) is 3.84. The van der Waals surface area contributed by atoms with E-state index in [1.54, 1.807) is 12.1 Å². The van der Waals surface area contributed by atoms with Crippen LogP contribution >= 0.6 is 0 Å². The first-order valence-corrected chi connectivity index (χ1v) is 7.85. The van der Waals surface area contributed by atoms with Gasteiger partial charge in [-0.1, -0.05) is 18.2 Å². The molecule has 1 unspecified atom stereocenters. The second kappa shape index (κ2) is 5.91. The summed E-state index contributed by atoms with van der Waals surface area (Å²) >= 11 is 0. The van der Waals surface area contributed by atoms with Gasteiger partial charge in [0.05, 0.1) is 23.9 Å². The van der Waals surface area contributed by atoms with Crippen molar-refractivity contribution in [3.8, 4) is 18.2 Å². The van der Waals surface area contributed by atoms with E-state index in [9.17, 15) is 20.2 Å². The molecule has 3 rings (SSSR count). The molecule has 1 aromatic carbocycles. The summed E-state index contributed by atoms with van der Waals surface area (Å²) in [7, 11) is 0. The number of nitrogens with zero attached hydrogens (tertiary/aromatic N) is 3. The minimum absolute atomic E-state index is 0.0675. The van der Waals surface area contributed by atoms with Crippen molar-refractivity contribution in [2.24, 2.45) is 17.3 Å². The Morgan fingerprint density at radius 3 is 2.58 bits per heavy atom. The molecule has 1 N–H and O–H groups in total. The molecule has 4 nitrogen and oxygen atoms in total. The third kappa shape index (κ3) is 2.12. The van der Waals surface area contributed by atoms with Crippen LogP contribution in [0.2, 0.25) is 0 Å². The van der Waals surface area contributed by atoms with Crippen molar-refractivity contribution in [1.82, 2.24) is 0 Å². The van der Waals surface area contributed by atoms with E-state index in [1.165, 1.54) is 12.1 Å². The number of benzene rings is 1. The molecule has 3 atom stereocenters. The maximum absolute atomic E-state index is 13.8. The lowest BCUT2D eigenvalue weighted by atomic mass is 9.52. The number of fused-ring (bicyclic) bond motifs is 1. The lowest BCUT2D eigenvalue weighted by molar-refractivity contribution is 0.261. The number of hydrogen-bond acceptors (Lipinski definition) is 4. The number of nitrogens with one attached hydrogen (secondary N) is 1. The van der Waals surface area contributed by atoms with Gasteiger partial charge in [-0.2, -0.15) is 15.8 Å². The summed E-state index contributed by atoms with van der Waals surface area (Å²) in [6.45, 7) is 0. The topological polar surface area (TPSA) is 95.2 Å². The highest BCUT2D eigenvalue weighted by atomic mass is 19.1. The van der Waals surface area contributed by atoms with E-state index >= 15 is 0 Å². The van der Waals surface area contributed by atoms with Crippen LogP contribution in [-0.2, 0) is 0 Å². The Balaban J connectivity index is 2.28. The Kier molecular flexibility index (Phi) is 3.92. The van der Waals surface area contributed by atoms with Crippen molar-refractivity contribution in [1.29, 1.82) is 21.2 Å². The minimum atomic E-state index is -1.68. The first-order chi connectivity index (χ1) is 11.6. The molecule has 1 fully saturated rings. The molecule has 0 heterocycles. The summed E-state index contributed by atoms with van der Waals surface area (Å²) in [5.74, 6) is -2.40. The summed E-state index contributed by atoms with van der Waals surface area (Å²) in [5, 5.41) is 37.6. The average Bonchev–Trinajstić information content (AvgIpc) is 2.61. The number of hydrogen-bond donors (Lipinski definition) is 1. The monoisotopic (exact) mass is 318 g/mol. The molecule has 1 aromatic rings. The molecule has 0 spiro atoms. The molecular weight excluding hydrogens is 303 g/mol. The number of allylic oxidation sites excluding steroid dienone is 2. The van der Waals surface area contributed by atoms with E-state index in [-0.39, 0.29) is 11.6 Å². The molecule has 0 radical (unpaired) electrons. The molecule has 0 bridgehead atoms. The molecule has 24 heavy (non-hydrogen) atoms. The first kappa shape index (κ1) is 15.9. The zero-order valence-corrected chi connectivity index (χ0v) is 13.0. The fourth-order valence-corrected chi connectivity index (χ4v) is 4.10. The van der Waals surface area contributed by atoms with Crippen molar-refractivity contribution < 1.29 is 4.39 Å². The summed E-state index contributed by atoms with van der Waals surface area (Å²) in [6, 6.07) is 11.9. The van der Waals surface area contributed by atoms with E-state index < -0.39 is 23.1 Å². The lowest BCUT2D eigenvalue weighted by Crippen LogP contribution is -2.48. The van der Waals surface area contributed by atoms with Gasteiger partial charge in [0.25, 0.3) is 0 Å². The predicted molar refractivity (Wildman–Crippen MR) is 85.1 cm³/mol. The van der Waals surface area contributed by atoms with Crippen molar-refractivity contribution >= 4 is 5.71 Å². The molecule has 0 aliphatic heterocycles. The smallest absolute Gasteiger partial charge is 0.172 e. The average molecular weight is 318 g/mol. The highest BCUT2D eigenvalue weighted by Crippen LogP contribution is 2.55. The van der Waals surface area contributed by atoms with E-state index in [0.29, 0.717) is 5.56 Å². The molecular formula is C19H15FN4. The van der Waals surface area contributed by atoms with E-state index in [0.717, 1.165) is 24.8 Å². The summed E-state index contributed by atoms with van der Waals surface area (Å²) in [4.78, 5) is 0. The van der Waals surface area contributed by atoms with Gasteiger partial charge in [0.15, 0.2) is 5.41 Å². The van der Waals surface area contributed by atoms with Gasteiger partial charge < -0.3 is 5.41 Å². The standard InChI is InChI=1S/C19H15FN4/c20-13-5-3-4-12(8-13)17-14-6-1-2-7-15(14)18(24)16(9-21)19(17,10-22)11-23/h3-5,7-8,14,16-17,24H,1-2,6H2/t14-,16?,17+/m1/s1. The Hall–Kier alpha value is -2.97. The largest absolute Gasteiger partial charge is 0.304 e. The van der Waals surface area contributed by atoms with Gasteiger partial charge in [-0.3, -0.25) is 0 Å². The molecule has 5 heteroatoms. The summed E-state index contributed by atoms with van der Waals surface area (Å²) < 4.78 is 13.8. The van der Waals surface area contributed by atoms with Gasteiger partial charge in [0, 0.05) is 5.92 Å². The van der Waals surface area contributed by atoms with Crippen molar-refractivity contribution in [3.05, 3.63) is 47.3 Å². The number of halogens is 1. The second-order valence-electron chi connectivity index (χ2n) is 6.30. The van der Waals surface area contributed by atoms with Gasteiger partial charge >= 0.3 is 0 Å². The molecule has 2 aliphatic carbocycles. The molecule has 0 saturated heterocycles. The van der Waals surface area contributed by atoms with Crippen LogP contribution in [0.5, 0.6) is 0 Å². The fraction of sp³-hybridized carbons (Fsp3) is 0.368. The van der Waals surface area contributed by atoms with Crippen LogP contribution in [0.25, 0.3) is 0 Å². The third-order valence-electron chi connectivity index (χ3n) is 5.14. The number of nitriles is 3. The van der Waals surface area contributed by atoms with Crippen molar-refractivity contribution in [2.75, 3.05) is 0 Å². The van der Waals surface area contributed by atoms with Gasteiger partial charge in [0.2, 0.25) is 0 Å². The van der Waals surface area contributed by atoms with Gasteiger partial charge in [-0.15, -0.1) is 0 Å². The highest BCUT2D eigenvalue weighted by Gasteiger charge is 2.58. The molecule has 0 amide bonds. The molecule has 2 aliphatic rings. The highest BCUT2D eigenvalue weighted by molar-refractivity contribution is 6.04. The van der Waals surface area contributed by atoms with Crippen LogP contribution in [0.3, 0.4) is 0 Å². The SMILES string of the molecule is N#CC1C(=N)C2=CCCC[C@H]2[C@H](c2cccc(F)c2)C1(C#N)C#N. The van der Waals surface area contributed by atoms with Gasteiger partial charge in [0.1, 0.15) is 11.7 Å². The Bertz CT molecular complexity index is 835. The van der Waals surface area contributed by atoms with Crippen molar-refractivity contribution in [2.45, 2.75) is 25.2 Å². The first-order valence-electron chi connectivity index (χ1n) is 7.85. The number of rotatable bonds is 1. The second-order valence-corrected chi connectivity index (χ2v) is 6.30. The van der Waals surface area contributed by atoms with Crippen LogP contribution in [0, 0.1) is 62.5 Å². The Morgan fingerprint density at radius 1 is 1.21 bits per heavy atom. The third-order valence-corrected chi connectivity index (χ3v) is 5.14. The van der Waals surface area contributed by atoms with Crippen LogP contribution in [0.1, 0.15) is 30.7 Å². The molecule has 1 saturated carbocycles. The zero-order chi connectivity index (χ0) is 17.3. The fourth-order valence-electron chi connectivity index (χ4n) is 4.10. The molecule has 118 valence electrons. The van der Waals surface area contributed by atoms with Crippen molar-refractivity contribution in [3.63, 3.8) is 0 Å². The lowest BCUT2D eigenvalue weighted by Gasteiger charge is -2.46. The maximum Gasteiger partial charge on any atom is 0.172 e. The van der Waals surface area contributed by atoms with Crippen LogP contribution in [-0.4, -0.2) is 5.71 Å². The Labute approximate surface area is 140 Å². The van der Waals surface area contributed by atoms with Crippen LogP contribution < -0.4 is 0 Å². The quantitative estimate of drug-likeness (QED) is 0.852. The van der Waals surface area contributed by atoms with E-state index in [1.807, 2.05) is 24.3 Å². The summed E-state index contributed by atoms with van der Waals surface area (Å²) in [5.41, 5.74) is -0.330. The normalized spacial score (nSPS) is 27.8.